The molecule has 0 aliphatic carbocycles. The van der Waals surface area contributed by atoms with Crippen LogP contribution in [0.25, 0.3) is 22.2 Å². The van der Waals surface area contributed by atoms with Gasteiger partial charge in [-0.15, -0.1) is 0 Å². The molecule has 0 atom stereocenters. The smallest absolute Gasteiger partial charge is 0.222 e. The molecule has 4 nitrogen and oxygen atoms in total. The molecule has 0 amide bonds. The molecule has 2 N–H and O–H groups in total. The molecule has 18 heavy (non-hydrogen) atoms. The lowest BCUT2D eigenvalue weighted by Crippen LogP contribution is -1.90. The first-order chi connectivity index (χ1) is 8.58. The van der Waals surface area contributed by atoms with Gasteiger partial charge >= 0.3 is 0 Å². The predicted molar refractivity (Wildman–Crippen MR) is 72.6 cm³/mol. The van der Waals surface area contributed by atoms with Crippen LogP contribution < -0.4 is 5.73 Å². The average Bonchev–Trinajstić information content (AvgIpc) is 2.85. The number of nitrogens with zero attached hydrogens (tertiary/aromatic N) is 2. The number of anilines is 1. The van der Waals surface area contributed by atoms with E-state index in [2.05, 4.69) is 9.72 Å². The fraction of sp³-hybridized carbons (Fsp3) is 0.154. The average molecular weight is 262 g/mol. The number of benzene rings is 1. The molecule has 0 aliphatic heterocycles. The Labute approximate surface area is 109 Å². The Morgan fingerprint density at radius 3 is 2.78 bits per heavy atom. The second kappa shape index (κ2) is 3.78. The first-order valence-corrected chi connectivity index (χ1v) is 5.93. The quantitative estimate of drug-likeness (QED) is 0.731. The third-order valence-corrected chi connectivity index (χ3v) is 3.48. The van der Waals surface area contributed by atoms with Gasteiger partial charge in [-0.05, 0) is 19.1 Å². The zero-order valence-electron chi connectivity index (χ0n) is 10.1. The largest absolute Gasteiger partial charge is 0.368 e. The van der Waals surface area contributed by atoms with Gasteiger partial charge in [0.2, 0.25) is 5.88 Å². The van der Waals surface area contributed by atoms with E-state index in [9.17, 15) is 0 Å². The molecule has 0 bridgehead atoms. The first kappa shape index (κ1) is 11.2. The van der Waals surface area contributed by atoms with Gasteiger partial charge in [-0.3, -0.25) is 0 Å². The van der Waals surface area contributed by atoms with Gasteiger partial charge in [0.05, 0.1) is 5.52 Å². The second-order valence-electron chi connectivity index (χ2n) is 4.30. The van der Waals surface area contributed by atoms with E-state index in [1.807, 2.05) is 32.2 Å². The van der Waals surface area contributed by atoms with Crippen molar-refractivity contribution in [3.8, 4) is 11.3 Å². The van der Waals surface area contributed by atoms with E-state index in [0.29, 0.717) is 10.9 Å². The first-order valence-electron chi connectivity index (χ1n) is 5.55. The molecular weight excluding hydrogens is 250 g/mol. The Morgan fingerprint density at radius 2 is 2.11 bits per heavy atom. The number of hydrogen-bond acceptors (Lipinski definition) is 3. The van der Waals surface area contributed by atoms with Crippen molar-refractivity contribution in [3.05, 3.63) is 35.0 Å². The molecule has 2 aromatic heterocycles. The molecule has 0 fully saturated rings. The minimum atomic E-state index is 0.315. The zero-order chi connectivity index (χ0) is 12.9. The number of aromatic nitrogens is 2. The summed E-state index contributed by atoms with van der Waals surface area (Å²) in [4.78, 5) is 0. The van der Waals surface area contributed by atoms with E-state index in [1.165, 1.54) is 0 Å². The molecule has 0 radical (unpaired) electrons. The lowest BCUT2D eigenvalue weighted by molar-refractivity contribution is 0.439. The lowest BCUT2D eigenvalue weighted by Gasteiger charge is -1.98. The number of nitrogens with two attached hydrogens (primary N) is 1. The van der Waals surface area contributed by atoms with Gasteiger partial charge in [0.1, 0.15) is 5.69 Å². The normalized spacial score (nSPS) is 11.3. The summed E-state index contributed by atoms with van der Waals surface area (Å²) < 4.78 is 7.03. The van der Waals surface area contributed by atoms with Gasteiger partial charge in [-0.25, -0.2) is 0 Å². The molecule has 5 heteroatoms. The molecule has 0 spiro atoms. The Balaban J connectivity index is 2.39. The topological polar surface area (TPSA) is 57.0 Å². The van der Waals surface area contributed by atoms with Crippen molar-refractivity contribution in [2.75, 3.05) is 5.73 Å². The summed E-state index contributed by atoms with van der Waals surface area (Å²) in [6.45, 7) is 2.04. The highest BCUT2D eigenvalue weighted by Gasteiger charge is 2.16. The molecule has 2 heterocycles. The number of nitrogen functional groups attached to an aromatic ring is 1. The van der Waals surface area contributed by atoms with Gasteiger partial charge in [0.15, 0.2) is 0 Å². The summed E-state index contributed by atoms with van der Waals surface area (Å²) in [7, 11) is 2.00. The highest BCUT2D eigenvalue weighted by molar-refractivity contribution is 6.31. The molecule has 3 aromatic rings. The summed E-state index contributed by atoms with van der Waals surface area (Å²) in [6, 6.07) is 7.54. The summed E-state index contributed by atoms with van der Waals surface area (Å²) in [5.41, 5.74) is 9.53. The molecule has 0 saturated carbocycles. The second-order valence-corrected chi connectivity index (χ2v) is 4.73. The summed E-state index contributed by atoms with van der Waals surface area (Å²) in [6.07, 6.45) is 0. The van der Waals surface area contributed by atoms with Crippen LogP contribution >= 0.6 is 11.6 Å². The van der Waals surface area contributed by atoms with Crippen molar-refractivity contribution >= 4 is 28.4 Å². The monoisotopic (exact) mass is 261 g/mol. The number of halogens is 1. The van der Waals surface area contributed by atoms with Crippen LogP contribution in [0.2, 0.25) is 5.02 Å². The van der Waals surface area contributed by atoms with Crippen molar-refractivity contribution in [3.63, 3.8) is 0 Å². The van der Waals surface area contributed by atoms with Crippen LogP contribution in [0.4, 0.5) is 5.88 Å². The standard InChI is InChI=1S/C13H12ClN3O/c1-7-13(10-6-12(15)18-16-10)9-4-3-8(14)5-11(9)17(7)2/h3-6H,15H2,1-2H3. The summed E-state index contributed by atoms with van der Waals surface area (Å²) in [5.74, 6) is 0.315. The minimum Gasteiger partial charge on any atom is -0.368 e. The molecule has 0 saturated heterocycles. The maximum Gasteiger partial charge on any atom is 0.222 e. The van der Waals surface area contributed by atoms with Gasteiger partial charge in [0.25, 0.3) is 0 Å². The van der Waals surface area contributed by atoms with Crippen molar-refractivity contribution in [2.24, 2.45) is 7.05 Å². The number of rotatable bonds is 1. The molecular formula is C13H12ClN3O. The van der Waals surface area contributed by atoms with Crippen LogP contribution in [0.5, 0.6) is 0 Å². The third kappa shape index (κ3) is 1.49. The van der Waals surface area contributed by atoms with E-state index in [1.54, 1.807) is 6.07 Å². The molecule has 0 unspecified atom stereocenters. The van der Waals surface area contributed by atoms with Gasteiger partial charge in [0, 0.05) is 34.8 Å². The molecule has 92 valence electrons. The van der Waals surface area contributed by atoms with Crippen LogP contribution in [-0.2, 0) is 7.05 Å². The summed E-state index contributed by atoms with van der Waals surface area (Å²) in [5, 5.41) is 5.79. The number of aryl methyl sites for hydroxylation is 1. The van der Waals surface area contributed by atoms with E-state index in [0.717, 1.165) is 27.9 Å². The van der Waals surface area contributed by atoms with Gasteiger partial charge < -0.3 is 14.8 Å². The third-order valence-electron chi connectivity index (χ3n) is 3.24. The fourth-order valence-corrected chi connectivity index (χ4v) is 2.43. The molecule has 0 aliphatic rings. The highest BCUT2D eigenvalue weighted by atomic mass is 35.5. The van der Waals surface area contributed by atoms with Crippen molar-refractivity contribution < 1.29 is 4.52 Å². The van der Waals surface area contributed by atoms with Crippen LogP contribution in [0, 0.1) is 6.92 Å². The van der Waals surface area contributed by atoms with E-state index in [-0.39, 0.29) is 0 Å². The zero-order valence-corrected chi connectivity index (χ0v) is 10.8. The lowest BCUT2D eigenvalue weighted by atomic mass is 10.1. The predicted octanol–water partition coefficient (Wildman–Crippen LogP) is 3.38. The highest BCUT2D eigenvalue weighted by Crippen LogP contribution is 2.35. The molecule has 3 rings (SSSR count). The SMILES string of the molecule is Cc1c(-c2cc(N)on2)c2ccc(Cl)cc2n1C. The van der Waals surface area contributed by atoms with Crippen LogP contribution in [0.15, 0.2) is 28.8 Å². The maximum absolute atomic E-state index is 6.03. The van der Waals surface area contributed by atoms with E-state index in [4.69, 9.17) is 21.9 Å². The van der Waals surface area contributed by atoms with Crippen LogP contribution in [-0.4, -0.2) is 9.72 Å². The van der Waals surface area contributed by atoms with Crippen molar-refractivity contribution in [1.29, 1.82) is 0 Å². The fourth-order valence-electron chi connectivity index (χ4n) is 2.27. The minimum absolute atomic E-state index is 0.315. The van der Waals surface area contributed by atoms with Gasteiger partial charge in [-0.2, -0.15) is 0 Å². The Hall–Kier alpha value is -1.94. The number of fused-ring (bicyclic) bond motifs is 1. The Kier molecular flexibility index (Phi) is 2.35. The van der Waals surface area contributed by atoms with E-state index < -0.39 is 0 Å². The number of hydrogen-bond donors (Lipinski definition) is 1. The van der Waals surface area contributed by atoms with Crippen LogP contribution in [0.3, 0.4) is 0 Å². The Bertz CT molecular complexity index is 742. The van der Waals surface area contributed by atoms with Crippen molar-refractivity contribution in [2.45, 2.75) is 6.92 Å². The van der Waals surface area contributed by atoms with Crippen LogP contribution in [0.1, 0.15) is 5.69 Å². The van der Waals surface area contributed by atoms with Crippen molar-refractivity contribution in [1.82, 2.24) is 9.72 Å². The summed E-state index contributed by atoms with van der Waals surface area (Å²) >= 11 is 6.03. The van der Waals surface area contributed by atoms with Gasteiger partial charge in [-0.1, -0.05) is 22.8 Å². The maximum atomic E-state index is 6.03. The molecule has 1 aromatic carbocycles. The Morgan fingerprint density at radius 1 is 1.33 bits per heavy atom. The van der Waals surface area contributed by atoms with E-state index >= 15 is 0 Å².